The molecule has 4 bridgehead atoms. The van der Waals surface area contributed by atoms with Crippen molar-refractivity contribution in [3.63, 3.8) is 0 Å². The highest BCUT2D eigenvalue weighted by molar-refractivity contribution is 6.01. The lowest BCUT2D eigenvalue weighted by Crippen LogP contribution is -2.65. The van der Waals surface area contributed by atoms with Gasteiger partial charge in [-0.3, -0.25) is 9.48 Å². The second-order valence-corrected chi connectivity index (χ2v) is 11.0. The molecule has 204 valence electrons. The highest BCUT2D eigenvalue weighted by Crippen LogP contribution is 2.42. The number of rotatable bonds is 3. The van der Waals surface area contributed by atoms with Crippen molar-refractivity contribution in [3.05, 3.63) is 77.4 Å². The number of nitrogens with one attached hydrogen (secondary N) is 1. The van der Waals surface area contributed by atoms with E-state index in [1.165, 1.54) is 6.07 Å². The Morgan fingerprint density at radius 3 is 2.66 bits per heavy atom. The molecule has 0 saturated carbocycles. The Hall–Kier alpha value is -4.88. The van der Waals surface area contributed by atoms with Gasteiger partial charge in [-0.1, -0.05) is 23.0 Å². The average Bonchev–Trinajstić information content (AvgIpc) is 3.54. The zero-order valence-electron chi connectivity index (χ0n) is 22.7. The first-order valence-electron chi connectivity index (χ1n) is 13.7. The van der Waals surface area contributed by atoms with E-state index >= 15 is 4.39 Å². The highest BCUT2D eigenvalue weighted by Gasteiger charge is 2.44. The van der Waals surface area contributed by atoms with Gasteiger partial charge in [0.2, 0.25) is 5.91 Å². The molecule has 3 aromatic carbocycles. The summed E-state index contributed by atoms with van der Waals surface area (Å²) in [6.45, 7) is 4.41. The molecule has 1 saturated heterocycles. The Kier molecular flexibility index (Phi) is 5.56. The fourth-order valence-corrected chi connectivity index (χ4v) is 6.56. The van der Waals surface area contributed by atoms with Crippen LogP contribution in [0.2, 0.25) is 0 Å². The molecule has 0 spiro atoms. The monoisotopic (exact) mass is 548 g/mol. The quantitative estimate of drug-likeness (QED) is 0.323. The molecule has 5 aromatic rings. The van der Waals surface area contributed by atoms with Crippen LogP contribution in [-0.4, -0.2) is 44.6 Å². The lowest BCUT2D eigenvalue weighted by molar-refractivity contribution is -0.137. The Bertz CT molecular complexity index is 1960. The average molecular weight is 549 g/mol. The number of benzene rings is 3. The number of piperidine rings is 1. The molecule has 0 atom stereocenters. The van der Waals surface area contributed by atoms with Crippen LogP contribution in [0.4, 0.5) is 10.1 Å². The van der Waals surface area contributed by atoms with E-state index in [1.807, 2.05) is 18.2 Å². The number of carbonyl (C=O) groups is 2. The molecule has 0 aliphatic carbocycles. The zero-order valence-corrected chi connectivity index (χ0v) is 22.7. The van der Waals surface area contributed by atoms with Crippen molar-refractivity contribution in [2.75, 3.05) is 18.4 Å². The molecule has 0 radical (unpaired) electrons. The molecule has 1 N–H and O–H groups in total. The van der Waals surface area contributed by atoms with E-state index < -0.39 is 0 Å². The van der Waals surface area contributed by atoms with Gasteiger partial charge in [0.15, 0.2) is 0 Å². The Labute approximate surface area is 234 Å². The van der Waals surface area contributed by atoms with Crippen LogP contribution in [0.5, 0.6) is 0 Å². The number of hydrogen-bond donors (Lipinski definition) is 1. The molecule has 3 aliphatic heterocycles. The number of carbonyl (C=O) groups excluding carboxylic acids is 2. The van der Waals surface area contributed by atoms with Gasteiger partial charge in [-0.25, -0.2) is 9.18 Å². The fourth-order valence-electron chi connectivity index (χ4n) is 6.56. The van der Waals surface area contributed by atoms with Gasteiger partial charge in [0.05, 0.1) is 36.0 Å². The number of halogens is 1. The van der Waals surface area contributed by atoms with Gasteiger partial charge >= 0.3 is 5.91 Å². The van der Waals surface area contributed by atoms with Crippen LogP contribution in [0.3, 0.4) is 0 Å². The summed E-state index contributed by atoms with van der Waals surface area (Å²) < 4.78 is 17.4. The van der Waals surface area contributed by atoms with E-state index in [-0.39, 0.29) is 34.7 Å². The molecule has 2 amide bonds. The van der Waals surface area contributed by atoms with E-state index in [9.17, 15) is 14.9 Å². The van der Waals surface area contributed by atoms with Crippen LogP contribution in [0.1, 0.15) is 42.5 Å². The minimum atomic E-state index is -0.384. The lowest BCUT2D eigenvalue weighted by atomic mass is 9.88. The normalized spacial score (nSPS) is 19.3. The van der Waals surface area contributed by atoms with Crippen LogP contribution < -0.4 is 9.91 Å². The fraction of sp³-hybridized carbons (Fsp3) is 0.258. The topological polar surface area (TPSA) is 106 Å². The summed E-state index contributed by atoms with van der Waals surface area (Å²) >= 11 is 0. The maximum absolute atomic E-state index is 15.7. The molecule has 0 unspecified atom stereocenters. The molecular formula is C31H27FN7O2+. The summed E-state index contributed by atoms with van der Waals surface area (Å²) in [6, 6.07) is 16.3. The maximum atomic E-state index is 15.7. The molecular weight excluding hydrogens is 521 g/mol. The number of aromatic nitrogens is 4. The minimum absolute atomic E-state index is 0.0146. The number of amides is 2. The van der Waals surface area contributed by atoms with Gasteiger partial charge in [-0.05, 0) is 48.4 Å². The predicted octanol–water partition coefficient (Wildman–Crippen LogP) is 4.89. The summed E-state index contributed by atoms with van der Waals surface area (Å²) in [5.74, 6) is -0.657. The van der Waals surface area contributed by atoms with Crippen LogP contribution in [0.15, 0.2) is 54.7 Å². The number of quaternary nitrogens is 1. The van der Waals surface area contributed by atoms with Gasteiger partial charge in [0, 0.05) is 40.8 Å². The summed E-state index contributed by atoms with van der Waals surface area (Å²) in [4.78, 5) is 28.1. The second-order valence-electron chi connectivity index (χ2n) is 11.0. The van der Waals surface area contributed by atoms with Crippen molar-refractivity contribution in [2.24, 2.45) is 0 Å². The van der Waals surface area contributed by atoms with Gasteiger partial charge in [-0.15, -0.1) is 9.69 Å². The molecule has 8 rings (SSSR count). The first-order valence-corrected chi connectivity index (χ1v) is 13.7. The summed E-state index contributed by atoms with van der Waals surface area (Å²) in [6.07, 6.45) is 3.00. The van der Waals surface area contributed by atoms with Crippen molar-refractivity contribution in [3.8, 4) is 17.2 Å². The van der Waals surface area contributed by atoms with Gasteiger partial charge in [0.25, 0.3) is 0 Å². The Balaban J connectivity index is 1.39. The SMILES string of the molecule is CC(=O)[N+]12CCC(CC1)c1nn(CC(=O)Nc3cccc(C#N)c3C)c3cccc(c13)-c1cc3c(cnn32)cc1F. The van der Waals surface area contributed by atoms with Crippen LogP contribution in [0.25, 0.3) is 32.9 Å². The van der Waals surface area contributed by atoms with E-state index in [4.69, 9.17) is 5.10 Å². The summed E-state index contributed by atoms with van der Waals surface area (Å²) in [5.41, 5.74) is 5.13. The first-order chi connectivity index (χ1) is 19.8. The maximum Gasteiger partial charge on any atom is 0.336 e. The molecule has 3 aliphatic rings. The molecule has 5 heterocycles. The number of fused-ring (bicyclic) bond motifs is 2. The number of nitriles is 1. The smallest absolute Gasteiger partial charge is 0.324 e. The zero-order chi connectivity index (χ0) is 28.5. The van der Waals surface area contributed by atoms with Crippen molar-refractivity contribution in [1.29, 1.82) is 5.26 Å². The van der Waals surface area contributed by atoms with E-state index in [2.05, 4.69) is 16.5 Å². The molecule has 10 heteroatoms. The standard InChI is InChI=1S/C31H26FN7O2/c1-18-21(15-33)5-3-7-26(18)35-29(41)17-37-27-8-4-6-23-24-14-28-22(13-25(24)32)16-34-38(28)39(19(2)40)11-9-20(10-12-39)31(36-37)30(23)27/h3-8,13-14,16,20H,9-12,17H2,1-2H3/p+1. The third-order valence-electron chi connectivity index (χ3n) is 8.79. The van der Waals surface area contributed by atoms with Gasteiger partial charge in [-0.2, -0.15) is 10.4 Å². The van der Waals surface area contributed by atoms with Crippen LogP contribution in [0, 0.1) is 24.1 Å². The lowest BCUT2D eigenvalue weighted by Gasteiger charge is -2.39. The summed E-state index contributed by atoms with van der Waals surface area (Å²) in [7, 11) is 0. The number of hydrogen-bond acceptors (Lipinski definition) is 5. The second kappa shape index (κ2) is 9.08. The Morgan fingerprint density at radius 2 is 1.90 bits per heavy atom. The van der Waals surface area contributed by atoms with Gasteiger partial charge < -0.3 is 5.32 Å². The molecule has 41 heavy (non-hydrogen) atoms. The third kappa shape index (κ3) is 3.69. The van der Waals surface area contributed by atoms with Crippen LogP contribution in [-0.2, 0) is 16.1 Å². The van der Waals surface area contributed by atoms with E-state index in [1.54, 1.807) is 53.8 Å². The summed E-state index contributed by atoms with van der Waals surface area (Å²) in [5, 5.41) is 23.3. The largest absolute Gasteiger partial charge is 0.336 e. The van der Waals surface area contributed by atoms with E-state index in [0.717, 1.165) is 16.6 Å². The molecule has 2 aromatic heterocycles. The van der Waals surface area contributed by atoms with Crippen molar-refractivity contribution in [2.45, 2.75) is 39.2 Å². The minimum Gasteiger partial charge on any atom is -0.324 e. The number of anilines is 1. The van der Waals surface area contributed by atoms with Crippen LogP contribution >= 0.6 is 0 Å². The molecule has 1 fully saturated rings. The highest BCUT2D eigenvalue weighted by atomic mass is 19.1. The van der Waals surface area contributed by atoms with Crippen molar-refractivity contribution < 1.29 is 14.0 Å². The Morgan fingerprint density at radius 1 is 1.12 bits per heavy atom. The molecule has 9 nitrogen and oxygen atoms in total. The number of nitrogens with zero attached hydrogens (tertiary/aromatic N) is 6. The third-order valence-corrected chi connectivity index (χ3v) is 8.79. The first kappa shape index (κ1) is 25.1. The van der Waals surface area contributed by atoms with Gasteiger partial charge in [0.1, 0.15) is 31.0 Å². The van der Waals surface area contributed by atoms with Crippen molar-refractivity contribution in [1.82, 2.24) is 24.3 Å². The predicted molar refractivity (Wildman–Crippen MR) is 153 cm³/mol. The van der Waals surface area contributed by atoms with Crippen molar-refractivity contribution >= 4 is 39.3 Å². The van der Waals surface area contributed by atoms with E-state index in [0.29, 0.717) is 64.8 Å².